The van der Waals surface area contributed by atoms with E-state index < -0.39 is 18.0 Å². The van der Waals surface area contributed by atoms with Gasteiger partial charge in [0.05, 0.1) is 18.0 Å². The molecule has 0 aliphatic rings. The van der Waals surface area contributed by atoms with Crippen LogP contribution in [0.15, 0.2) is 0 Å². The zero-order valence-corrected chi connectivity index (χ0v) is 10.9. The molecule has 0 aromatic carbocycles. The summed E-state index contributed by atoms with van der Waals surface area (Å²) in [5.41, 5.74) is 6.63. The molecule has 0 radical (unpaired) electrons. The van der Waals surface area contributed by atoms with Crippen LogP contribution in [0, 0.1) is 6.92 Å². The second-order valence-corrected chi connectivity index (χ2v) is 3.77. The summed E-state index contributed by atoms with van der Waals surface area (Å²) >= 11 is 0. The zero-order chi connectivity index (χ0) is 13.9. The van der Waals surface area contributed by atoms with Crippen molar-refractivity contribution in [2.75, 3.05) is 12.3 Å². The lowest BCUT2D eigenvalue weighted by Gasteiger charge is -2.12. The zero-order valence-electron chi connectivity index (χ0n) is 10.9. The number of aromatic nitrogens is 2. The van der Waals surface area contributed by atoms with Crippen molar-refractivity contribution in [3.63, 3.8) is 0 Å². The molecule has 18 heavy (non-hydrogen) atoms. The standard InChI is InChI=1S/C11H17N3O4/c1-5-17-10(15)7(3)18-11(16)9-8(12)6(2)13-14(9)4/h7H,5,12H2,1-4H3. The van der Waals surface area contributed by atoms with Crippen LogP contribution < -0.4 is 5.73 Å². The molecule has 1 aromatic heterocycles. The van der Waals surface area contributed by atoms with Crippen molar-refractivity contribution in [3.8, 4) is 0 Å². The highest BCUT2D eigenvalue weighted by Gasteiger charge is 2.24. The van der Waals surface area contributed by atoms with Crippen LogP contribution in [0.2, 0.25) is 0 Å². The molecule has 0 fully saturated rings. The number of hydrogen-bond acceptors (Lipinski definition) is 6. The largest absolute Gasteiger partial charge is 0.463 e. The van der Waals surface area contributed by atoms with Gasteiger partial charge in [0, 0.05) is 7.05 Å². The van der Waals surface area contributed by atoms with E-state index in [4.69, 9.17) is 15.2 Å². The maximum absolute atomic E-state index is 11.8. The van der Waals surface area contributed by atoms with Crippen LogP contribution in [0.3, 0.4) is 0 Å². The number of nitrogens with two attached hydrogens (primary N) is 1. The number of ether oxygens (including phenoxy) is 2. The molecular weight excluding hydrogens is 238 g/mol. The van der Waals surface area contributed by atoms with Crippen molar-refractivity contribution >= 4 is 17.6 Å². The van der Waals surface area contributed by atoms with Crippen LogP contribution in [-0.4, -0.2) is 34.4 Å². The van der Waals surface area contributed by atoms with Gasteiger partial charge in [0.1, 0.15) is 0 Å². The third kappa shape index (κ3) is 2.79. The maximum Gasteiger partial charge on any atom is 0.359 e. The van der Waals surface area contributed by atoms with Crippen LogP contribution in [-0.2, 0) is 21.3 Å². The second-order valence-electron chi connectivity index (χ2n) is 3.77. The van der Waals surface area contributed by atoms with Gasteiger partial charge in [-0.25, -0.2) is 9.59 Å². The smallest absolute Gasteiger partial charge is 0.359 e. The molecular formula is C11H17N3O4. The number of rotatable bonds is 4. The molecule has 1 aromatic rings. The lowest BCUT2D eigenvalue weighted by Crippen LogP contribution is -2.27. The SMILES string of the molecule is CCOC(=O)C(C)OC(=O)c1c(N)c(C)nn1C. The van der Waals surface area contributed by atoms with Crippen LogP contribution in [0.1, 0.15) is 30.0 Å². The molecule has 2 N–H and O–H groups in total. The van der Waals surface area contributed by atoms with Gasteiger partial charge < -0.3 is 15.2 Å². The van der Waals surface area contributed by atoms with Gasteiger partial charge in [-0.15, -0.1) is 0 Å². The summed E-state index contributed by atoms with van der Waals surface area (Å²) < 4.78 is 11.0. The van der Waals surface area contributed by atoms with E-state index in [-0.39, 0.29) is 18.0 Å². The monoisotopic (exact) mass is 255 g/mol. The number of carbonyl (C=O) groups excluding carboxylic acids is 2. The fraction of sp³-hybridized carbons (Fsp3) is 0.545. The fourth-order valence-corrected chi connectivity index (χ4v) is 1.44. The molecule has 0 amide bonds. The molecule has 1 rings (SSSR count). The average molecular weight is 255 g/mol. The van der Waals surface area contributed by atoms with Crippen LogP contribution in [0.25, 0.3) is 0 Å². The summed E-state index contributed by atoms with van der Waals surface area (Å²) in [7, 11) is 1.58. The Morgan fingerprint density at radius 2 is 2.11 bits per heavy atom. The predicted octanol–water partition coefficient (Wildman–Crippen LogP) is 0.419. The molecule has 100 valence electrons. The summed E-state index contributed by atoms with van der Waals surface area (Å²) in [6.45, 7) is 5.03. The summed E-state index contributed by atoms with van der Waals surface area (Å²) in [5, 5.41) is 3.99. The van der Waals surface area contributed by atoms with E-state index >= 15 is 0 Å². The molecule has 7 nitrogen and oxygen atoms in total. The van der Waals surface area contributed by atoms with Gasteiger partial charge in [-0.2, -0.15) is 5.10 Å². The van der Waals surface area contributed by atoms with E-state index in [9.17, 15) is 9.59 Å². The molecule has 0 spiro atoms. The van der Waals surface area contributed by atoms with Crippen molar-refractivity contribution in [1.29, 1.82) is 0 Å². The molecule has 0 saturated carbocycles. The second kappa shape index (κ2) is 5.52. The maximum atomic E-state index is 11.8. The molecule has 1 heterocycles. The third-order valence-corrected chi connectivity index (χ3v) is 2.36. The third-order valence-electron chi connectivity index (χ3n) is 2.36. The van der Waals surface area contributed by atoms with E-state index in [0.717, 1.165) is 0 Å². The Labute approximate surface area is 105 Å². The Morgan fingerprint density at radius 3 is 2.56 bits per heavy atom. The number of anilines is 1. The highest BCUT2D eigenvalue weighted by Crippen LogP contribution is 2.17. The summed E-state index contributed by atoms with van der Waals surface area (Å²) in [6.07, 6.45) is -0.980. The first kappa shape index (κ1) is 14.0. The molecule has 1 atom stereocenters. The first-order valence-corrected chi connectivity index (χ1v) is 5.55. The van der Waals surface area contributed by atoms with Crippen molar-refractivity contribution in [1.82, 2.24) is 9.78 Å². The van der Waals surface area contributed by atoms with Gasteiger partial charge in [-0.3, -0.25) is 4.68 Å². The number of hydrogen-bond donors (Lipinski definition) is 1. The lowest BCUT2D eigenvalue weighted by molar-refractivity contribution is -0.152. The van der Waals surface area contributed by atoms with Crippen LogP contribution in [0.5, 0.6) is 0 Å². The average Bonchev–Trinajstić information content (AvgIpc) is 2.53. The van der Waals surface area contributed by atoms with Gasteiger partial charge in [0.2, 0.25) is 0 Å². The molecule has 1 unspecified atom stereocenters. The summed E-state index contributed by atoms with van der Waals surface area (Å²) in [5.74, 6) is -1.29. The Kier molecular flexibility index (Phi) is 4.30. The van der Waals surface area contributed by atoms with E-state index in [2.05, 4.69) is 5.10 Å². The number of aryl methyl sites for hydroxylation is 2. The van der Waals surface area contributed by atoms with E-state index in [1.54, 1.807) is 20.9 Å². The van der Waals surface area contributed by atoms with Gasteiger partial charge in [0.25, 0.3) is 0 Å². The molecule has 0 aliphatic heterocycles. The number of nitrogens with zero attached hydrogens (tertiary/aromatic N) is 2. The Hall–Kier alpha value is -2.05. The van der Waals surface area contributed by atoms with Crippen molar-refractivity contribution < 1.29 is 19.1 Å². The molecule has 0 bridgehead atoms. The van der Waals surface area contributed by atoms with E-state index in [0.29, 0.717) is 5.69 Å². The van der Waals surface area contributed by atoms with Crippen molar-refractivity contribution in [3.05, 3.63) is 11.4 Å². The summed E-state index contributed by atoms with van der Waals surface area (Å²) in [6, 6.07) is 0. The van der Waals surface area contributed by atoms with Crippen molar-refractivity contribution in [2.45, 2.75) is 26.9 Å². The van der Waals surface area contributed by atoms with Gasteiger partial charge in [-0.1, -0.05) is 0 Å². The highest BCUT2D eigenvalue weighted by atomic mass is 16.6. The minimum atomic E-state index is -0.980. The first-order valence-electron chi connectivity index (χ1n) is 5.55. The van der Waals surface area contributed by atoms with Gasteiger partial charge in [0.15, 0.2) is 11.8 Å². The first-order chi connectivity index (χ1) is 8.38. The Morgan fingerprint density at radius 1 is 1.50 bits per heavy atom. The predicted molar refractivity (Wildman–Crippen MR) is 63.9 cm³/mol. The normalized spacial score (nSPS) is 12.0. The van der Waals surface area contributed by atoms with Gasteiger partial charge >= 0.3 is 11.9 Å². The molecule has 7 heteroatoms. The highest BCUT2D eigenvalue weighted by molar-refractivity contribution is 5.95. The number of nitrogen functional groups attached to an aromatic ring is 1. The number of esters is 2. The molecule has 0 aliphatic carbocycles. The summed E-state index contributed by atoms with van der Waals surface area (Å²) in [4.78, 5) is 23.2. The minimum Gasteiger partial charge on any atom is -0.463 e. The topological polar surface area (TPSA) is 96.4 Å². The molecule has 0 saturated heterocycles. The van der Waals surface area contributed by atoms with Crippen LogP contribution in [0.4, 0.5) is 5.69 Å². The van der Waals surface area contributed by atoms with Crippen LogP contribution >= 0.6 is 0 Å². The Bertz CT molecular complexity index is 467. The van der Waals surface area contributed by atoms with E-state index in [1.165, 1.54) is 11.6 Å². The lowest BCUT2D eigenvalue weighted by atomic mass is 10.3. The van der Waals surface area contributed by atoms with E-state index in [1.807, 2.05) is 0 Å². The fourth-order valence-electron chi connectivity index (χ4n) is 1.44. The number of carbonyl (C=O) groups is 2. The quantitative estimate of drug-likeness (QED) is 0.783. The van der Waals surface area contributed by atoms with Crippen molar-refractivity contribution in [2.24, 2.45) is 7.05 Å². The Balaban J connectivity index is 2.80. The minimum absolute atomic E-state index is 0.128. The van der Waals surface area contributed by atoms with Gasteiger partial charge in [-0.05, 0) is 20.8 Å².